The first-order valence-corrected chi connectivity index (χ1v) is 10.8. The van der Waals surface area contributed by atoms with E-state index in [4.69, 9.17) is 0 Å². The Labute approximate surface area is 188 Å². The number of carboxylic acid groups (broad SMARTS) is 1. The van der Waals surface area contributed by atoms with Gasteiger partial charge in [-0.15, -0.1) is 0 Å². The zero-order chi connectivity index (χ0) is 22.5. The van der Waals surface area contributed by atoms with Crippen molar-refractivity contribution in [1.82, 2.24) is 14.9 Å². The largest absolute Gasteiger partial charge is 0.464 e. The molecule has 1 aliphatic heterocycles. The van der Waals surface area contributed by atoms with E-state index in [1.165, 1.54) is 5.69 Å². The number of benzene rings is 2. The lowest BCUT2D eigenvalue weighted by Crippen LogP contribution is -2.48. The van der Waals surface area contributed by atoms with Crippen molar-refractivity contribution in [3.05, 3.63) is 66.9 Å². The Morgan fingerprint density at radius 1 is 1.00 bits per heavy atom. The highest BCUT2D eigenvalue weighted by atomic mass is 16.4. The number of hydrogen-bond acceptors (Lipinski definition) is 6. The summed E-state index contributed by atoms with van der Waals surface area (Å²) in [5, 5.41) is 12.9. The minimum absolute atomic E-state index is 0.279. The van der Waals surface area contributed by atoms with Gasteiger partial charge in [0.15, 0.2) is 0 Å². The van der Waals surface area contributed by atoms with Gasteiger partial charge in [0.2, 0.25) is 5.95 Å². The van der Waals surface area contributed by atoms with Crippen LogP contribution in [-0.2, 0) is 0 Å². The molecule has 2 aromatic carbocycles. The molecule has 0 unspecified atom stereocenters. The Hall–Kier alpha value is -3.65. The molecule has 0 spiro atoms. The molecule has 32 heavy (non-hydrogen) atoms. The molecule has 0 aliphatic carbocycles. The minimum atomic E-state index is -1.11. The van der Waals surface area contributed by atoms with E-state index in [0.717, 1.165) is 36.8 Å². The van der Waals surface area contributed by atoms with Crippen LogP contribution in [0.25, 0.3) is 0 Å². The number of aromatic nitrogens is 2. The topological polar surface area (TPSA) is 84.8 Å². The number of amides is 1. The summed E-state index contributed by atoms with van der Waals surface area (Å²) in [6, 6.07) is 19.2. The minimum Gasteiger partial charge on any atom is -0.464 e. The number of hydrogen-bond donors (Lipinski definition) is 2. The summed E-state index contributed by atoms with van der Waals surface area (Å²) in [7, 11) is 0. The van der Waals surface area contributed by atoms with Gasteiger partial charge < -0.3 is 15.3 Å². The maximum absolute atomic E-state index is 11.9. The van der Waals surface area contributed by atoms with Gasteiger partial charge in [-0.3, -0.25) is 4.90 Å². The number of rotatable bonds is 6. The zero-order valence-electron chi connectivity index (χ0n) is 18.3. The van der Waals surface area contributed by atoms with E-state index in [2.05, 4.69) is 51.1 Å². The van der Waals surface area contributed by atoms with Crippen LogP contribution >= 0.6 is 0 Å². The van der Waals surface area contributed by atoms with Crippen LogP contribution < -0.4 is 15.1 Å². The molecule has 1 saturated heterocycles. The smallest absolute Gasteiger partial charge is 0.417 e. The maximum Gasteiger partial charge on any atom is 0.417 e. The number of nitrogens with one attached hydrogen (secondary N) is 1. The van der Waals surface area contributed by atoms with Gasteiger partial charge in [-0.1, -0.05) is 18.2 Å². The summed E-state index contributed by atoms with van der Waals surface area (Å²) in [6.45, 7) is 8.65. The molecule has 3 aromatic rings. The van der Waals surface area contributed by atoms with E-state index in [9.17, 15) is 9.90 Å². The second kappa shape index (κ2) is 9.65. The molecule has 0 radical (unpaired) electrons. The van der Waals surface area contributed by atoms with Crippen molar-refractivity contribution in [2.45, 2.75) is 19.9 Å². The molecule has 8 heteroatoms. The third-order valence-corrected chi connectivity index (χ3v) is 5.61. The molecule has 1 fully saturated rings. The third-order valence-electron chi connectivity index (χ3n) is 5.61. The zero-order valence-corrected chi connectivity index (χ0v) is 18.3. The van der Waals surface area contributed by atoms with Gasteiger partial charge >= 0.3 is 6.09 Å². The van der Waals surface area contributed by atoms with Crippen LogP contribution in [0.1, 0.15) is 13.8 Å². The second-order valence-electron chi connectivity index (χ2n) is 7.98. The van der Waals surface area contributed by atoms with Gasteiger partial charge in [-0.2, -0.15) is 4.98 Å². The number of nitrogens with zero attached hydrogens (tertiary/aromatic N) is 5. The van der Waals surface area contributed by atoms with Gasteiger partial charge in [0.1, 0.15) is 5.82 Å². The maximum atomic E-state index is 11.9. The fourth-order valence-electron chi connectivity index (χ4n) is 3.83. The number of piperazine rings is 1. The lowest BCUT2D eigenvalue weighted by molar-refractivity contribution is 0.204. The van der Waals surface area contributed by atoms with Gasteiger partial charge in [0, 0.05) is 55.9 Å². The Morgan fingerprint density at radius 2 is 1.69 bits per heavy atom. The summed E-state index contributed by atoms with van der Waals surface area (Å²) in [5.41, 5.74) is 2.55. The Bertz CT molecular complexity index is 1030. The molecule has 0 bridgehead atoms. The Morgan fingerprint density at radius 3 is 2.31 bits per heavy atom. The molecule has 1 aromatic heterocycles. The number of para-hydroxylation sites is 1. The second-order valence-corrected chi connectivity index (χ2v) is 7.98. The van der Waals surface area contributed by atoms with Crippen LogP contribution in [0.15, 0.2) is 66.9 Å². The van der Waals surface area contributed by atoms with Crippen molar-refractivity contribution in [2.24, 2.45) is 0 Å². The van der Waals surface area contributed by atoms with E-state index in [0.29, 0.717) is 17.7 Å². The lowest BCUT2D eigenvalue weighted by Gasteiger charge is -2.38. The van der Waals surface area contributed by atoms with Crippen molar-refractivity contribution >= 4 is 34.9 Å². The molecule has 0 saturated carbocycles. The van der Waals surface area contributed by atoms with Crippen LogP contribution in [0, 0.1) is 0 Å². The van der Waals surface area contributed by atoms with Crippen LogP contribution in [0.4, 0.5) is 33.6 Å². The molecule has 0 atom stereocenters. The average Bonchev–Trinajstić information content (AvgIpc) is 2.80. The predicted octanol–water partition coefficient (Wildman–Crippen LogP) is 4.57. The number of carbonyl (C=O) groups is 1. The fourth-order valence-corrected chi connectivity index (χ4v) is 3.83. The quantitative estimate of drug-likeness (QED) is 0.590. The molecule has 1 aliphatic rings. The van der Waals surface area contributed by atoms with Crippen molar-refractivity contribution < 1.29 is 9.90 Å². The van der Waals surface area contributed by atoms with E-state index in [-0.39, 0.29) is 5.82 Å². The first-order chi connectivity index (χ1) is 15.5. The monoisotopic (exact) mass is 432 g/mol. The Balaban J connectivity index is 1.45. The van der Waals surface area contributed by atoms with Crippen molar-refractivity contribution in [3.63, 3.8) is 0 Å². The first-order valence-electron chi connectivity index (χ1n) is 10.8. The summed E-state index contributed by atoms with van der Waals surface area (Å²) in [5.74, 6) is 0.615. The highest BCUT2D eigenvalue weighted by Crippen LogP contribution is 2.26. The van der Waals surface area contributed by atoms with E-state index in [1.807, 2.05) is 18.2 Å². The average molecular weight is 433 g/mol. The molecule has 8 nitrogen and oxygen atoms in total. The van der Waals surface area contributed by atoms with E-state index >= 15 is 0 Å². The van der Waals surface area contributed by atoms with Crippen LogP contribution in [0.2, 0.25) is 0 Å². The van der Waals surface area contributed by atoms with Gasteiger partial charge in [-0.25, -0.2) is 14.7 Å². The molecular weight excluding hydrogens is 404 g/mol. The molecular formula is C24H28N6O2. The van der Waals surface area contributed by atoms with Crippen LogP contribution in [0.5, 0.6) is 0 Å². The summed E-state index contributed by atoms with van der Waals surface area (Å²) in [6.07, 6.45) is 0.439. The predicted molar refractivity (Wildman–Crippen MR) is 127 cm³/mol. The van der Waals surface area contributed by atoms with Gasteiger partial charge in [0.25, 0.3) is 0 Å². The molecule has 2 N–H and O–H groups in total. The summed E-state index contributed by atoms with van der Waals surface area (Å²) >= 11 is 0. The fraction of sp³-hybridized carbons (Fsp3) is 0.292. The van der Waals surface area contributed by atoms with Gasteiger partial charge in [0.05, 0.1) is 5.69 Å². The number of anilines is 5. The van der Waals surface area contributed by atoms with E-state index < -0.39 is 6.09 Å². The van der Waals surface area contributed by atoms with Crippen molar-refractivity contribution in [3.8, 4) is 0 Å². The van der Waals surface area contributed by atoms with Crippen molar-refractivity contribution in [1.29, 1.82) is 0 Å². The molecule has 4 rings (SSSR count). The van der Waals surface area contributed by atoms with Gasteiger partial charge in [-0.05, 0) is 50.2 Å². The highest BCUT2D eigenvalue weighted by Gasteiger charge is 2.20. The van der Waals surface area contributed by atoms with Crippen molar-refractivity contribution in [2.75, 3.05) is 41.3 Å². The summed E-state index contributed by atoms with van der Waals surface area (Å²) in [4.78, 5) is 26.5. The normalized spacial score (nSPS) is 14.4. The van der Waals surface area contributed by atoms with E-state index in [1.54, 1.807) is 36.5 Å². The van der Waals surface area contributed by atoms with Crippen LogP contribution in [-0.4, -0.2) is 58.3 Å². The SMILES string of the molecule is CC(C)N1CCN(c2ccc(Nc3nccc(N(C(=O)O)c4ccccc4)n3)cc2)CC1. The Kier molecular flexibility index (Phi) is 6.51. The highest BCUT2D eigenvalue weighted by molar-refractivity contribution is 5.93. The third kappa shape index (κ3) is 4.97. The first kappa shape index (κ1) is 21.6. The van der Waals surface area contributed by atoms with Crippen LogP contribution in [0.3, 0.4) is 0 Å². The molecule has 2 heterocycles. The lowest BCUT2D eigenvalue weighted by atomic mass is 10.2. The summed E-state index contributed by atoms with van der Waals surface area (Å²) < 4.78 is 0. The molecule has 166 valence electrons. The standard InChI is InChI=1S/C24H28N6O2/c1-18(2)28-14-16-29(17-15-28)20-10-8-19(9-11-20)26-23-25-13-12-22(27-23)30(24(31)32)21-6-4-3-5-7-21/h3-13,18H,14-17H2,1-2H3,(H,31,32)(H,25,26,27). The molecule has 1 amide bonds.